The lowest BCUT2D eigenvalue weighted by atomic mass is 10.0. The molecule has 2 aromatic rings. The second-order valence-electron chi connectivity index (χ2n) is 4.62. The number of rotatable bonds is 4. The van der Waals surface area contributed by atoms with Crippen molar-refractivity contribution in [3.8, 4) is 5.75 Å². The Morgan fingerprint density at radius 1 is 1.11 bits per heavy atom. The summed E-state index contributed by atoms with van der Waals surface area (Å²) in [6.45, 7) is 5.31. The number of nitrogens with two attached hydrogens (primary N) is 1. The highest BCUT2D eigenvalue weighted by molar-refractivity contribution is 9.10. The van der Waals surface area contributed by atoms with E-state index in [1.54, 1.807) is 0 Å². The van der Waals surface area contributed by atoms with Gasteiger partial charge < -0.3 is 10.5 Å². The molecule has 2 aromatic carbocycles. The van der Waals surface area contributed by atoms with Gasteiger partial charge in [-0.1, -0.05) is 34.1 Å². The van der Waals surface area contributed by atoms with Gasteiger partial charge in [-0.3, -0.25) is 0 Å². The van der Waals surface area contributed by atoms with Gasteiger partial charge in [0.15, 0.2) is 0 Å². The molecule has 0 saturated carbocycles. The molecule has 0 aliphatic heterocycles. The highest BCUT2D eigenvalue weighted by Gasteiger charge is 2.05. The molecule has 0 unspecified atom stereocenters. The van der Waals surface area contributed by atoms with E-state index >= 15 is 0 Å². The molecule has 2 N–H and O–H groups in total. The zero-order valence-corrected chi connectivity index (χ0v) is 12.8. The normalized spacial score (nSPS) is 10.5. The van der Waals surface area contributed by atoms with Crippen LogP contribution in [-0.2, 0) is 13.2 Å². The summed E-state index contributed by atoms with van der Waals surface area (Å²) in [5, 5.41) is 0. The predicted molar refractivity (Wildman–Crippen MR) is 82.3 cm³/mol. The van der Waals surface area contributed by atoms with Crippen molar-refractivity contribution in [3.63, 3.8) is 0 Å². The van der Waals surface area contributed by atoms with Crippen molar-refractivity contribution >= 4 is 15.9 Å². The second kappa shape index (κ2) is 6.22. The molecule has 0 heterocycles. The fraction of sp³-hybridized carbons (Fsp3) is 0.250. The molecule has 0 aliphatic carbocycles. The molecular formula is C16H18BrNO. The van der Waals surface area contributed by atoms with Crippen LogP contribution in [0.3, 0.4) is 0 Å². The largest absolute Gasteiger partial charge is 0.489 e. The summed E-state index contributed by atoms with van der Waals surface area (Å²) in [7, 11) is 0. The van der Waals surface area contributed by atoms with Crippen LogP contribution in [0.1, 0.15) is 22.3 Å². The van der Waals surface area contributed by atoms with Gasteiger partial charge in [0.1, 0.15) is 12.4 Å². The minimum absolute atomic E-state index is 0.501. The molecule has 0 spiro atoms. The highest BCUT2D eigenvalue weighted by Crippen LogP contribution is 2.23. The predicted octanol–water partition coefficient (Wildman–Crippen LogP) is 4.10. The molecule has 0 saturated heterocycles. The van der Waals surface area contributed by atoms with Gasteiger partial charge in [0, 0.05) is 11.0 Å². The van der Waals surface area contributed by atoms with E-state index in [0.717, 1.165) is 15.8 Å². The Morgan fingerprint density at radius 2 is 1.79 bits per heavy atom. The third-order valence-electron chi connectivity index (χ3n) is 3.26. The van der Waals surface area contributed by atoms with E-state index < -0.39 is 0 Å². The van der Waals surface area contributed by atoms with Crippen LogP contribution in [-0.4, -0.2) is 0 Å². The maximum Gasteiger partial charge on any atom is 0.120 e. The number of hydrogen-bond acceptors (Lipinski definition) is 2. The van der Waals surface area contributed by atoms with Crippen LogP contribution in [0.4, 0.5) is 0 Å². The molecule has 0 aromatic heterocycles. The van der Waals surface area contributed by atoms with Crippen LogP contribution in [0.2, 0.25) is 0 Å². The first kappa shape index (κ1) is 14.1. The molecule has 100 valence electrons. The Morgan fingerprint density at radius 3 is 2.42 bits per heavy atom. The zero-order chi connectivity index (χ0) is 13.8. The van der Waals surface area contributed by atoms with E-state index in [1.165, 1.54) is 16.7 Å². The Labute approximate surface area is 122 Å². The first-order chi connectivity index (χ1) is 9.11. The Kier molecular flexibility index (Phi) is 4.61. The molecule has 0 fully saturated rings. The average molecular weight is 320 g/mol. The first-order valence-electron chi connectivity index (χ1n) is 6.28. The minimum atomic E-state index is 0.501. The van der Waals surface area contributed by atoms with E-state index in [4.69, 9.17) is 10.5 Å². The monoisotopic (exact) mass is 319 g/mol. The maximum absolute atomic E-state index is 5.87. The van der Waals surface area contributed by atoms with Crippen molar-refractivity contribution in [1.29, 1.82) is 0 Å². The topological polar surface area (TPSA) is 35.2 Å². The second-order valence-corrected chi connectivity index (χ2v) is 5.47. The number of ether oxygens (including phenoxy) is 1. The van der Waals surface area contributed by atoms with Crippen molar-refractivity contribution in [2.45, 2.75) is 27.0 Å². The molecular weight excluding hydrogens is 302 g/mol. The van der Waals surface area contributed by atoms with Crippen molar-refractivity contribution < 1.29 is 4.74 Å². The number of benzene rings is 2. The Hall–Kier alpha value is -1.32. The van der Waals surface area contributed by atoms with Crippen LogP contribution in [0, 0.1) is 13.8 Å². The molecule has 0 radical (unpaired) electrons. The minimum Gasteiger partial charge on any atom is -0.489 e. The Bertz CT molecular complexity index is 561. The number of hydrogen-bond donors (Lipinski definition) is 1. The number of halogens is 1. The van der Waals surface area contributed by atoms with E-state index in [0.29, 0.717) is 13.2 Å². The van der Waals surface area contributed by atoms with Gasteiger partial charge in [0.2, 0.25) is 0 Å². The fourth-order valence-corrected chi connectivity index (χ4v) is 2.44. The standard InChI is InChI=1S/C16H18BrNO/c1-11-4-3-5-12(2)15(11)10-19-14-6-7-16(17)13(8-14)9-18/h3-8H,9-10,18H2,1-2H3. The number of aryl methyl sites for hydroxylation is 2. The molecule has 19 heavy (non-hydrogen) atoms. The van der Waals surface area contributed by atoms with E-state index in [9.17, 15) is 0 Å². The van der Waals surface area contributed by atoms with Crippen molar-refractivity contribution in [1.82, 2.24) is 0 Å². The third-order valence-corrected chi connectivity index (χ3v) is 4.04. The van der Waals surface area contributed by atoms with Gasteiger partial charge in [-0.15, -0.1) is 0 Å². The molecule has 2 rings (SSSR count). The molecule has 0 amide bonds. The molecule has 2 nitrogen and oxygen atoms in total. The highest BCUT2D eigenvalue weighted by atomic mass is 79.9. The Balaban J connectivity index is 2.15. The summed E-state index contributed by atoms with van der Waals surface area (Å²) in [6, 6.07) is 12.2. The van der Waals surface area contributed by atoms with Crippen LogP contribution in [0.5, 0.6) is 5.75 Å². The summed E-state index contributed by atoms with van der Waals surface area (Å²) in [4.78, 5) is 0. The molecule has 0 atom stereocenters. The van der Waals surface area contributed by atoms with E-state index in [1.807, 2.05) is 18.2 Å². The SMILES string of the molecule is Cc1cccc(C)c1COc1ccc(Br)c(CN)c1. The third kappa shape index (κ3) is 3.37. The van der Waals surface area contributed by atoms with Crippen molar-refractivity contribution in [2.24, 2.45) is 5.73 Å². The van der Waals surface area contributed by atoms with Crippen LogP contribution < -0.4 is 10.5 Å². The lowest BCUT2D eigenvalue weighted by molar-refractivity contribution is 0.304. The quantitative estimate of drug-likeness (QED) is 0.920. The molecule has 0 bridgehead atoms. The van der Waals surface area contributed by atoms with Crippen molar-refractivity contribution in [2.75, 3.05) is 0 Å². The smallest absolute Gasteiger partial charge is 0.120 e. The first-order valence-corrected chi connectivity index (χ1v) is 7.07. The van der Waals surface area contributed by atoms with Gasteiger partial charge in [0.05, 0.1) is 0 Å². The summed E-state index contributed by atoms with van der Waals surface area (Å²) in [5.74, 6) is 0.853. The summed E-state index contributed by atoms with van der Waals surface area (Å²) in [5.41, 5.74) is 10.5. The maximum atomic E-state index is 5.87. The molecule has 0 aliphatic rings. The zero-order valence-electron chi connectivity index (χ0n) is 11.2. The fourth-order valence-electron chi connectivity index (χ4n) is 2.03. The van der Waals surface area contributed by atoms with E-state index in [2.05, 4.69) is 48.0 Å². The van der Waals surface area contributed by atoms with Gasteiger partial charge >= 0.3 is 0 Å². The lowest BCUT2D eigenvalue weighted by Crippen LogP contribution is -2.02. The summed E-state index contributed by atoms with van der Waals surface area (Å²) < 4.78 is 6.90. The van der Waals surface area contributed by atoms with Gasteiger partial charge in [-0.2, -0.15) is 0 Å². The summed E-state index contributed by atoms with van der Waals surface area (Å²) >= 11 is 3.47. The van der Waals surface area contributed by atoms with Crippen LogP contribution >= 0.6 is 15.9 Å². The van der Waals surface area contributed by atoms with Crippen LogP contribution in [0.15, 0.2) is 40.9 Å². The van der Waals surface area contributed by atoms with Crippen molar-refractivity contribution in [3.05, 3.63) is 63.1 Å². The summed E-state index contributed by atoms with van der Waals surface area (Å²) in [6.07, 6.45) is 0. The molecule has 3 heteroatoms. The van der Waals surface area contributed by atoms with Gasteiger partial charge in [-0.25, -0.2) is 0 Å². The lowest BCUT2D eigenvalue weighted by Gasteiger charge is -2.12. The van der Waals surface area contributed by atoms with Gasteiger partial charge in [0.25, 0.3) is 0 Å². The van der Waals surface area contributed by atoms with Crippen LogP contribution in [0.25, 0.3) is 0 Å². The van der Waals surface area contributed by atoms with E-state index in [-0.39, 0.29) is 0 Å². The van der Waals surface area contributed by atoms with Gasteiger partial charge in [-0.05, 0) is 54.3 Å². The average Bonchev–Trinajstić information content (AvgIpc) is 2.40.